The van der Waals surface area contributed by atoms with E-state index in [0.717, 1.165) is 37.9 Å². The lowest BCUT2D eigenvalue weighted by atomic mass is 9.92. The second kappa shape index (κ2) is 6.16. The van der Waals surface area contributed by atoms with Crippen molar-refractivity contribution in [3.05, 3.63) is 23.8 Å². The summed E-state index contributed by atoms with van der Waals surface area (Å²) >= 11 is 0. The number of ether oxygens (including phenoxy) is 3. The highest BCUT2D eigenvalue weighted by atomic mass is 16.5. The Kier molecular flexibility index (Phi) is 4.25. The van der Waals surface area contributed by atoms with Crippen LogP contribution in [0.1, 0.15) is 37.7 Å². The number of carboxylic acid groups (broad SMARTS) is 1. The van der Waals surface area contributed by atoms with Crippen LogP contribution >= 0.6 is 0 Å². The summed E-state index contributed by atoms with van der Waals surface area (Å²) < 4.78 is 16.9. The van der Waals surface area contributed by atoms with Crippen LogP contribution in [0, 0.1) is 0 Å². The zero-order valence-corrected chi connectivity index (χ0v) is 12.8. The van der Waals surface area contributed by atoms with Crippen LogP contribution in [0.2, 0.25) is 0 Å². The van der Waals surface area contributed by atoms with Crippen molar-refractivity contribution in [1.82, 2.24) is 0 Å². The lowest BCUT2D eigenvalue weighted by Gasteiger charge is -2.25. The number of benzene rings is 1. The summed E-state index contributed by atoms with van der Waals surface area (Å²) in [4.78, 5) is 11.0. The molecule has 5 heteroatoms. The Morgan fingerprint density at radius 3 is 2.82 bits per heavy atom. The van der Waals surface area contributed by atoms with Crippen LogP contribution in [-0.2, 0) is 14.9 Å². The Bertz CT molecular complexity index is 544. The molecule has 0 bridgehead atoms. The first-order valence-electron chi connectivity index (χ1n) is 7.78. The second-order valence-corrected chi connectivity index (χ2v) is 6.17. The minimum Gasteiger partial charge on any atom is -0.493 e. The van der Waals surface area contributed by atoms with Gasteiger partial charge < -0.3 is 19.3 Å². The van der Waals surface area contributed by atoms with Gasteiger partial charge in [0.25, 0.3) is 0 Å². The molecule has 1 aliphatic heterocycles. The summed E-state index contributed by atoms with van der Waals surface area (Å²) in [5.74, 6) is 0.615. The standard InChI is InChI=1S/C17H22O5/c1-20-15-9-12(17(6-7-17)10-16(18)19)4-5-14(15)22-13-3-2-8-21-11-13/h4-5,9,13H,2-3,6-8,10-11H2,1H3,(H,18,19). The molecule has 1 aromatic carbocycles. The minimum atomic E-state index is -0.754. The lowest BCUT2D eigenvalue weighted by molar-refractivity contribution is -0.137. The van der Waals surface area contributed by atoms with Crippen molar-refractivity contribution >= 4 is 5.97 Å². The van der Waals surface area contributed by atoms with E-state index in [-0.39, 0.29) is 17.9 Å². The van der Waals surface area contributed by atoms with Crippen molar-refractivity contribution < 1.29 is 24.1 Å². The van der Waals surface area contributed by atoms with Crippen LogP contribution < -0.4 is 9.47 Å². The van der Waals surface area contributed by atoms with Crippen molar-refractivity contribution in [3.63, 3.8) is 0 Å². The predicted octanol–water partition coefficient (Wildman–Crippen LogP) is 2.76. The quantitative estimate of drug-likeness (QED) is 0.875. The highest BCUT2D eigenvalue weighted by Crippen LogP contribution is 2.52. The molecule has 5 nitrogen and oxygen atoms in total. The largest absolute Gasteiger partial charge is 0.493 e. The molecule has 2 fully saturated rings. The van der Waals surface area contributed by atoms with Crippen molar-refractivity contribution in [2.75, 3.05) is 20.3 Å². The molecule has 120 valence electrons. The van der Waals surface area contributed by atoms with Crippen LogP contribution in [0.4, 0.5) is 0 Å². The first-order valence-corrected chi connectivity index (χ1v) is 7.78. The van der Waals surface area contributed by atoms with E-state index >= 15 is 0 Å². The molecule has 1 heterocycles. The van der Waals surface area contributed by atoms with Crippen LogP contribution in [0.3, 0.4) is 0 Å². The predicted molar refractivity (Wildman–Crippen MR) is 80.6 cm³/mol. The first-order chi connectivity index (χ1) is 10.6. The minimum absolute atomic E-state index is 0.0578. The number of carbonyl (C=O) groups is 1. The van der Waals surface area contributed by atoms with E-state index < -0.39 is 5.97 Å². The number of methoxy groups -OCH3 is 1. The van der Waals surface area contributed by atoms with Gasteiger partial charge in [0.2, 0.25) is 0 Å². The molecule has 1 N–H and O–H groups in total. The maximum Gasteiger partial charge on any atom is 0.304 e. The molecule has 1 saturated carbocycles. The summed E-state index contributed by atoms with van der Waals surface area (Å²) in [5, 5.41) is 9.08. The third-order valence-electron chi connectivity index (χ3n) is 4.53. The molecule has 2 aliphatic rings. The zero-order chi connectivity index (χ0) is 15.6. The molecule has 0 radical (unpaired) electrons. The van der Waals surface area contributed by atoms with Gasteiger partial charge in [-0.25, -0.2) is 0 Å². The summed E-state index contributed by atoms with van der Waals surface area (Å²) in [5.41, 5.74) is 0.810. The maximum atomic E-state index is 11.0. The van der Waals surface area contributed by atoms with E-state index in [1.54, 1.807) is 7.11 Å². The molecule has 0 amide bonds. The Labute approximate surface area is 130 Å². The fourth-order valence-corrected chi connectivity index (χ4v) is 3.09. The van der Waals surface area contributed by atoms with Crippen LogP contribution in [0.15, 0.2) is 18.2 Å². The maximum absolute atomic E-state index is 11.0. The number of aliphatic carboxylic acids is 1. The molecule has 1 aliphatic carbocycles. The molecule has 0 aromatic heterocycles. The topological polar surface area (TPSA) is 65.0 Å². The van der Waals surface area contributed by atoms with Gasteiger partial charge in [0, 0.05) is 12.0 Å². The molecule has 1 atom stereocenters. The third-order valence-corrected chi connectivity index (χ3v) is 4.53. The number of hydrogen-bond acceptors (Lipinski definition) is 4. The van der Waals surface area contributed by atoms with E-state index in [2.05, 4.69) is 0 Å². The highest BCUT2D eigenvalue weighted by Gasteiger charge is 2.46. The number of rotatable bonds is 6. The van der Waals surface area contributed by atoms with Crippen LogP contribution in [0.5, 0.6) is 11.5 Å². The third kappa shape index (κ3) is 3.19. The Morgan fingerprint density at radius 2 is 2.23 bits per heavy atom. The average molecular weight is 306 g/mol. The second-order valence-electron chi connectivity index (χ2n) is 6.17. The van der Waals surface area contributed by atoms with Gasteiger partial charge in [0.1, 0.15) is 6.10 Å². The summed E-state index contributed by atoms with van der Waals surface area (Å²) in [7, 11) is 1.61. The highest BCUT2D eigenvalue weighted by molar-refractivity contribution is 5.70. The molecule has 1 saturated heterocycles. The SMILES string of the molecule is COc1cc(C2(CC(=O)O)CC2)ccc1OC1CCCOC1. The van der Waals surface area contributed by atoms with Crippen LogP contribution in [-0.4, -0.2) is 37.5 Å². The van der Waals surface area contributed by atoms with Crippen molar-refractivity contribution in [2.24, 2.45) is 0 Å². The fourth-order valence-electron chi connectivity index (χ4n) is 3.09. The molecule has 22 heavy (non-hydrogen) atoms. The fraction of sp³-hybridized carbons (Fsp3) is 0.588. The van der Waals surface area contributed by atoms with Gasteiger partial charge >= 0.3 is 5.97 Å². The van der Waals surface area contributed by atoms with Gasteiger partial charge in [-0.3, -0.25) is 4.79 Å². The number of hydrogen-bond donors (Lipinski definition) is 1. The smallest absolute Gasteiger partial charge is 0.304 e. The Hall–Kier alpha value is -1.75. The summed E-state index contributed by atoms with van der Waals surface area (Å²) in [6, 6.07) is 5.79. The van der Waals surface area contributed by atoms with E-state index in [4.69, 9.17) is 19.3 Å². The lowest BCUT2D eigenvalue weighted by Crippen LogP contribution is -2.28. The van der Waals surface area contributed by atoms with E-state index in [1.165, 1.54) is 0 Å². The van der Waals surface area contributed by atoms with Gasteiger partial charge in [0.05, 0.1) is 20.1 Å². The van der Waals surface area contributed by atoms with Gasteiger partial charge in [-0.2, -0.15) is 0 Å². The summed E-state index contributed by atoms with van der Waals surface area (Å²) in [6.07, 6.45) is 4.05. The average Bonchev–Trinajstić information content (AvgIpc) is 3.28. The van der Waals surface area contributed by atoms with Gasteiger partial charge in [-0.05, 0) is 43.4 Å². The molecule has 1 aromatic rings. The first kappa shape index (κ1) is 15.2. The Morgan fingerprint density at radius 1 is 1.41 bits per heavy atom. The van der Waals surface area contributed by atoms with E-state index in [0.29, 0.717) is 18.1 Å². The zero-order valence-electron chi connectivity index (χ0n) is 12.8. The molecule has 1 unspecified atom stereocenters. The van der Waals surface area contributed by atoms with Gasteiger partial charge in [-0.15, -0.1) is 0 Å². The molecule has 3 rings (SSSR count). The van der Waals surface area contributed by atoms with Crippen molar-refractivity contribution in [1.29, 1.82) is 0 Å². The molecular formula is C17H22O5. The number of carboxylic acids is 1. The Balaban J connectivity index is 1.77. The molecular weight excluding hydrogens is 284 g/mol. The van der Waals surface area contributed by atoms with Crippen molar-refractivity contribution in [2.45, 2.75) is 43.6 Å². The van der Waals surface area contributed by atoms with Gasteiger partial charge in [-0.1, -0.05) is 6.07 Å². The van der Waals surface area contributed by atoms with Crippen molar-refractivity contribution in [3.8, 4) is 11.5 Å². The van der Waals surface area contributed by atoms with E-state index in [1.807, 2.05) is 18.2 Å². The van der Waals surface area contributed by atoms with Crippen LogP contribution in [0.25, 0.3) is 0 Å². The summed E-state index contributed by atoms with van der Waals surface area (Å²) in [6.45, 7) is 1.40. The van der Waals surface area contributed by atoms with Gasteiger partial charge in [0.15, 0.2) is 11.5 Å². The molecule has 0 spiro atoms. The monoisotopic (exact) mass is 306 g/mol. The van der Waals surface area contributed by atoms with E-state index in [9.17, 15) is 4.79 Å². The normalized spacial score (nSPS) is 22.9.